The van der Waals surface area contributed by atoms with E-state index in [1.807, 2.05) is 31.2 Å². The van der Waals surface area contributed by atoms with E-state index in [0.717, 1.165) is 34.4 Å². The van der Waals surface area contributed by atoms with Gasteiger partial charge < -0.3 is 19.3 Å². The number of esters is 1. The number of benzene rings is 1. The summed E-state index contributed by atoms with van der Waals surface area (Å²) in [5.41, 5.74) is 11.5. The summed E-state index contributed by atoms with van der Waals surface area (Å²) in [5.74, 6) is -0.551. The number of nitrogens with zero attached hydrogens (tertiary/aromatic N) is 1. The molecule has 180 valence electrons. The average molecular weight is 497 g/mol. The van der Waals surface area contributed by atoms with Crippen molar-refractivity contribution in [3.05, 3.63) is 74.5 Å². The van der Waals surface area contributed by atoms with Gasteiger partial charge in [0.05, 0.1) is 11.3 Å². The van der Waals surface area contributed by atoms with Gasteiger partial charge in [0, 0.05) is 17.8 Å². The molecule has 33 heavy (non-hydrogen) atoms. The summed E-state index contributed by atoms with van der Waals surface area (Å²) < 4.78 is 15.2. The molecule has 0 bridgehead atoms. The SMILES string of the molecule is Cc1ccc(-c2c(CN)c(CC(C)C)nc(C)c2C(=O)OCc2oc(=O)oc2C)cc1.Cl.Cl. The molecular formula is C24H30Cl2N2O5. The molecule has 2 N–H and O–H groups in total. The van der Waals surface area contributed by atoms with Gasteiger partial charge in [-0.15, -0.1) is 24.8 Å². The van der Waals surface area contributed by atoms with Gasteiger partial charge >= 0.3 is 11.8 Å². The predicted octanol–water partition coefficient (Wildman–Crippen LogP) is 5.08. The Morgan fingerprint density at radius 2 is 1.73 bits per heavy atom. The van der Waals surface area contributed by atoms with Crippen LogP contribution in [-0.2, 0) is 24.3 Å². The van der Waals surface area contributed by atoms with Gasteiger partial charge in [0.2, 0.25) is 0 Å². The number of pyridine rings is 1. The van der Waals surface area contributed by atoms with Crippen LogP contribution in [0, 0.1) is 26.7 Å². The van der Waals surface area contributed by atoms with Crippen LogP contribution in [0.2, 0.25) is 0 Å². The molecule has 0 fully saturated rings. The summed E-state index contributed by atoms with van der Waals surface area (Å²) in [7, 11) is 0. The van der Waals surface area contributed by atoms with Gasteiger partial charge in [-0.1, -0.05) is 43.7 Å². The normalized spacial score (nSPS) is 10.5. The minimum absolute atomic E-state index is 0. The lowest BCUT2D eigenvalue weighted by Crippen LogP contribution is -2.17. The highest BCUT2D eigenvalue weighted by molar-refractivity contribution is 5.99. The highest BCUT2D eigenvalue weighted by Crippen LogP contribution is 2.33. The van der Waals surface area contributed by atoms with Crippen LogP contribution in [0.5, 0.6) is 0 Å². The number of nitrogens with two attached hydrogens (primary N) is 1. The van der Waals surface area contributed by atoms with Gasteiger partial charge in [0.1, 0.15) is 0 Å². The van der Waals surface area contributed by atoms with Crippen LogP contribution in [0.3, 0.4) is 0 Å². The molecule has 9 heteroatoms. The summed E-state index contributed by atoms with van der Waals surface area (Å²) in [6, 6.07) is 7.93. The van der Waals surface area contributed by atoms with Crippen molar-refractivity contribution in [2.75, 3.05) is 0 Å². The summed E-state index contributed by atoms with van der Waals surface area (Å²) in [5, 5.41) is 0. The van der Waals surface area contributed by atoms with Crippen LogP contribution in [0.1, 0.15) is 58.2 Å². The lowest BCUT2D eigenvalue weighted by molar-refractivity contribution is 0.0442. The van der Waals surface area contributed by atoms with Gasteiger partial charge in [-0.25, -0.2) is 9.59 Å². The summed E-state index contributed by atoms with van der Waals surface area (Å²) in [6.45, 7) is 9.64. The van der Waals surface area contributed by atoms with Crippen LogP contribution < -0.4 is 11.6 Å². The summed E-state index contributed by atoms with van der Waals surface area (Å²) >= 11 is 0. The average Bonchev–Trinajstić information content (AvgIpc) is 3.03. The number of carbonyl (C=O) groups excluding carboxylic acids is 1. The maximum absolute atomic E-state index is 13.2. The highest BCUT2D eigenvalue weighted by atomic mass is 35.5. The van der Waals surface area contributed by atoms with Crippen LogP contribution in [0.4, 0.5) is 0 Å². The van der Waals surface area contributed by atoms with E-state index < -0.39 is 11.8 Å². The van der Waals surface area contributed by atoms with E-state index in [1.54, 1.807) is 13.8 Å². The fourth-order valence-electron chi connectivity index (χ4n) is 3.58. The van der Waals surface area contributed by atoms with Crippen molar-refractivity contribution in [1.29, 1.82) is 0 Å². The summed E-state index contributed by atoms with van der Waals surface area (Å²) in [4.78, 5) is 29.1. The molecule has 3 rings (SSSR count). The second-order valence-electron chi connectivity index (χ2n) is 8.05. The first-order valence-corrected chi connectivity index (χ1v) is 10.3. The van der Waals surface area contributed by atoms with Crippen LogP contribution >= 0.6 is 24.8 Å². The lowest BCUT2D eigenvalue weighted by atomic mass is 9.90. The number of hydrogen-bond donors (Lipinski definition) is 1. The number of hydrogen-bond acceptors (Lipinski definition) is 7. The van der Waals surface area contributed by atoms with Gasteiger partial charge in [-0.05, 0) is 44.2 Å². The topological polar surface area (TPSA) is 109 Å². The Morgan fingerprint density at radius 3 is 2.24 bits per heavy atom. The molecule has 0 saturated heterocycles. The molecule has 2 aromatic heterocycles. The van der Waals surface area contributed by atoms with Gasteiger partial charge in [0.25, 0.3) is 0 Å². The van der Waals surface area contributed by atoms with Gasteiger partial charge in [0.15, 0.2) is 18.1 Å². The van der Waals surface area contributed by atoms with Crippen LogP contribution in [-0.4, -0.2) is 11.0 Å². The van der Waals surface area contributed by atoms with Crippen molar-refractivity contribution in [2.45, 2.75) is 54.2 Å². The Kier molecular flexibility index (Phi) is 10.4. The van der Waals surface area contributed by atoms with E-state index in [2.05, 4.69) is 13.8 Å². The maximum Gasteiger partial charge on any atom is 0.519 e. The Hall–Kier alpha value is -2.61. The smallest absolute Gasteiger partial charge is 0.454 e. The lowest BCUT2D eigenvalue weighted by Gasteiger charge is -2.20. The third kappa shape index (κ3) is 6.47. The number of aromatic nitrogens is 1. The summed E-state index contributed by atoms with van der Waals surface area (Å²) in [6.07, 6.45) is 0.751. The Balaban J connectivity index is 0.00000272. The van der Waals surface area contributed by atoms with Gasteiger partial charge in [-0.2, -0.15) is 0 Å². The molecule has 0 radical (unpaired) electrons. The van der Waals surface area contributed by atoms with E-state index in [-0.39, 0.29) is 49.5 Å². The Bertz CT molecular complexity index is 1150. The predicted molar refractivity (Wildman–Crippen MR) is 131 cm³/mol. The molecule has 0 atom stereocenters. The first-order chi connectivity index (χ1) is 14.7. The molecular weight excluding hydrogens is 467 g/mol. The second-order valence-corrected chi connectivity index (χ2v) is 8.05. The van der Waals surface area contributed by atoms with E-state index >= 15 is 0 Å². The molecule has 2 heterocycles. The largest absolute Gasteiger partial charge is 0.519 e. The van der Waals surface area contributed by atoms with E-state index in [0.29, 0.717) is 17.2 Å². The van der Waals surface area contributed by atoms with Crippen LogP contribution in [0.25, 0.3) is 11.1 Å². The van der Waals surface area contributed by atoms with E-state index in [1.165, 1.54) is 0 Å². The van der Waals surface area contributed by atoms with Crippen molar-refractivity contribution >= 4 is 30.8 Å². The first kappa shape index (κ1) is 28.4. The van der Waals surface area contributed by atoms with Gasteiger partial charge in [-0.3, -0.25) is 4.98 Å². The second kappa shape index (κ2) is 12.0. The number of carbonyl (C=O) groups is 1. The standard InChI is InChI=1S/C24H28N2O5.2ClH/c1-13(2)10-19-18(11-25)22(17-8-6-14(3)7-9-17)21(15(4)26-19)23(27)29-12-20-16(5)30-24(28)31-20;;/h6-9,13H,10-12,25H2,1-5H3;2*1H. The number of halogens is 2. The zero-order valence-electron chi connectivity index (χ0n) is 19.4. The van der Waals surface area contributed by atoms with E-state index in [9.17, 15) is 9.59 Å². The molecule has 0 aliphatic heterocycles. The van der Waals surface area contributed by atoms with Crippen molar-refractivity contribution in [1.82, 2.24) is 4.98 Å². The van der Waals surface area contributed by atoms with Crippen molar-refractivity contribution in [3.8, 4) is 11.1 Å². The minimum Gasteiger partial charge on any atom is -0.454 e. The molecule has 0 spiro atoms. The molecule has 3 aromatic rings. The number of ether oxygens (including phenoxy) is 1. The zero-order valence-corrected chi connectivity index (χ0v) is 21.0. The fraction of sp³-hybridized carbons (Fsp3) is 0.375. The number of aryl methyl sites for hydroxylation is 3. The molecule has 0 amide bonds. The highest BCUT2D eigenvalue weighted by Gasteiger charge is 2.25. The third-order valence-electron chi connectivity index (χ3n) is 5.08. The van der Waals surface area contributed by atoms with Crippen LogP contribution in [0.15, 0.2) is 37.9 Å². The Labute approximate surface area is 205 Å². The van der Waals surface area contributed by atoms with Crippen molar-refractivity contribution in [3.63, 3.8) is 0 Å². The molecule has 0 aliphatic carbocycles. The van der Waals surface area contributed by atoms with Crippen molar-refractivity contribution in [2.24, 2.45) is 11.7 Å². The minimum atomic E-state index is -0.829. The molecule has 0 saturated carbocycles. The number of rotatable bonds is 7. The maximum atomic E-state index is 13.2. The molecule has 0 unspecified atom stereocenters. The zero-order chi connectivity index (χ0) is 22.7. The van der Waals surface area contributed by atoms with Crippen molar-refractivity contribution < 1.29 is 18.4 Å². The third-order valence-corrected chi connectivity index (χ3v) is 5.08. The van der Waals surface area contributed by atoms with E-state index in [4.69, 9.17) is 24.3 Å². The fourth-order valence-corrected chi connectivity index (χ4v) is 3.58. The quantitative estimate of drug-likeness (QED) is 0.454. The molecule has 0 aliphatic rings. The Morgan fingerprint density at radius 1 is 1.09 bits per heavy atom. The molecule has 7 nitrogen and oxygen atoms in total. The molecule has 1 aromatic carbocycles. The first-order valence-electron chi connectivity index (χ1n) is 10.3. The monoisotopic (exact) mass is 496 g/mol.